The van der Waals surface area contributed by atoms with Crippen molar-refractivity contribution in [2.75, 3.05) is 43.4 Å². The van der Waals surface area contributed by atoms with Crippen molar-refractivity contribution in [3.05, 3.63) is 64.7 Å². The van der Waals surface area contributed by atoms with Crippen LogP contribution in [0.1, 0.15) is 22.8 Å². The number of urea groups is 1. The highest BCUT2D eigenvalue weighted by atomic mass is 35.5. The average molecular weight is 476 g/mol. The van der Waals surface area contributed by atoms with Crippen LogP contribution in [-0.2, 0) is 14.6 Å². The van der Waals surface area contributed by atoms with E-state index in [1.807, 2.05) is 31.2 Å². The number of amides is 3. The molecule has 1 unspecified atom stereocenters. The Balaban J connectivity index is 1.42. The predicted molar refractivity (Wildman–Crippen MR) is 125 cm³/mol. The van der Waals surface area contributed by atoms with E-state index in [0.29, 0.717) is 30.2 Å². The molecule has 3 amide bonds. The van der Waals surface area contributed by atoms with Gasteiger partial charge in [-0.15, -0.1) is 0 Å². The second-order valence-corrected chi connectivity index (χ2v) is 10.9. The maximum atomic E-state index is 13.0. The van der Waals surface area contributed by atoms with Crippen molar-refractivity contribution >= 4 is 39.1 Å². The highest BCUT2D eigenvalue weighted by molar-refractivity contribution is 7.91. The molecule has 2 heterocycles. The number of carbonyl (C=O) groups is 2. The van der Waals surface area contributed by atoms with Crippen molar-refractivity contribution < 1.29 is 18.0 Å². The molecule has 2 saturated heterocycles. The molecular formula is C23H26ClN3O4S. The third-order valence-corrected chi connectivity index (χ3v) is 8.56. The van der Waals surface area contributed by atoms with Gasteiger partial charge >= 0.3 is 6.03 Å². The maximum Gasteiger partial charge on any atom is 0.325 e. The van der Waals surface area contributed by atoms with E-state index in [9.17, 15) is 18.0 Å². The number of carbonyl (C=O) groups excluding carboxylic acids is 2. The molecule has 1 atom stereocenters. The van der Waals surface area contributed by atoms with Crippen molar-refractivity contribution in [2.45, 2.75) is 18.6 Å². The fourth-order valence-electron chi connectivity index (χ4n) is 4.24. The maximum absolute atomic E-state index is 13.0. The molecule has 4 rings (SSSR count). The zero-order chi connectivity index (χ0) is 22.9. The lowest BCUT2D eigenvalue weighted by molar-refractivity contribution is -0.131. The molecule has 7 nitrogen and oxygen atoms in total. The first-order valence-corrected chi connectivity index (χ1v) is 12.7. The van der Waals surface area contributed by atoms with Gasteiger partial charge in [0.05, 0.1) is 11.0 Å². The van der Waals surface area contributed by atoms with E-state index in [4.69, 9.17) is 11.6 Å². The fraction of sp³-hybridized carbons (Fsp3) is 0.391. The van der Waals surface area contributed by atoms with E-state index in [1.165, 1.54) is 4.90 Å². The zero-order valence-electron chi connectivity index (χ0n) is 17.9. The molecule has 2 aromatic rings. The van der Waals surface area contributed by atoms with E-state index in [1.54, 1.807) is 34.1 Å². The number of sulfone groups is 1. The van der Waals surface area contributed by atoms with Crippen molar-refractivity contribution in [1.82, 2.24) is 9.80 Å². The van der Waals surface area contributed by atoms with Crippen molar-refractivity contribution in [3.63, 3.8) is 0 Å². The van der Waals surface area contributed by atoms with Gasteiger partial charge in [-0.3, -0.25) is 9.69 Å². The summed E-state index contributed by atoms with van der Waals surface area (Å²) in [7, 11) is -3.46. The van der Waals surface area contributed by atoms with Crippen LogP contribution in [0, 0.1) is 6.92 Å². The number of hydrogen-bond donors (Lipinski definition) is 0. The van der Waals surface area contributed by atoms with E-state index in [2.05, 4.69) is 0 Å². The van der Waals surface area contributed by atoms with Crippen LogP contribution in [-0.4, -0.2) is 68.6 Å². The van der Waals surface area contributed by atoms with E-state index < -0.39 is 15.1 Å². The summed E-state index contributed by atoms with van der Waals surface area (Å²) >= 11 is 6.25. The summed E-state index contributed by atoms with van der Waals surface area (Å²) in [6.45, 7) is 3.31. The normalized spacial score (nSPS) is 21.0. The van der Waals surface area contributed by atoms with Gasteiger partial charge in [-0.25, -0.2) is 13.2 Å². The first kappa shape index (κ1) is 22.6. The zero-order valence-corrected chi connectivity index (χ0v) is 19.5. The molecule has 0 aliphatic carbocycles. The predicted octanol–water partition coefficient (Wildman–Crippen LogP) is 3.28. The van der Waals surface area contributed by atoms with Gasteiger partial charge in [-0.2, -0.15) is 0 Å². The van der Waals surface area contributed by atoms with Crippen molar-refractivity contribution in [3.8, 4) is 0 Å². The van der Waals surface area contributed by atoms with E-state index >= 15 is 0 Å². The summed E-state index contributed by atoms with van der Waals surface area (Å²) in [4.78, 5) is 30.5. The number of nitrogens with zero attached hydrogens (tertiary/aromatic N) is 3. The fourth-order valence-corrected chi connectivity index (χ4v) is 6.38. The third-order valence-electron chi connectivity index (χ3n) is 6.11. The molecule has 0 bridgehead atoms. The van der Waals surface area contributed by atoms with Gasteiger partial charge in [0.2, 0.25) is 5.91 Å². The minimum Gasteiger partial charge on any atom is -0.340 e. The Bertz CT molecular complexity index is 1120. The van der Waals surface area contributed by atoms with E-state index in [-0.39, 0.29) is 37.2 Å². The second-order valence-electron chi connectivity index (χ2n) is 8.24. The lowest BCUT2D eigenvalue weighted by Gasteiger charge is -2.24. The highest BCUT2D eigenvalue weighted by Crippen LogP contribution is 2.34. The first-order chi connectivity index (χ1) is 15.3. The summed E-state index contributed by atoms with van der Waals surface area (Å²) in [5, 5.41) is -0.320. The van der Waals surface area contributed by atoms with Gasteiger partial charge in [-0.05, 0) is 37.1 Å². The number of rotatable bonds is 4. The minimum absolute atomic E-state index is 0.0575. The lowest BCUT2D eigenvalue weighted by Crippen LogP contribution is -2.43. The average Bonchev–Trinajstić information content (AvgIpc) is 3.03. The Labute approximate surface area is 193 Å². The molecule has 32 heavy (non-hydrogen) atoms. The van der Waals surface area contributed by atoms with Crippen LogP contribution >= 0.6 is 11.6 Å². The topological polar surface area (TPSA) is 78.0 Å². The molecule has 0 saturated carbocycles. The Morgan fingerprint density at radius 3 is 2.47 bits per heavy atom. The van der Waals surface area contributed by atoms with Crippen LogP contribution in [0.3, 0.4) is 0 Å². The Morgan fingerprint density at radius 2 is 1.75 bits per heavy atom. The van der Waals surface area contributed by atoms with Gasteiger partial charge in [0.1, 0.15) is 6.54 Å². The van der Waals surface area contributed by atoms with Crippen LogP contribution in [0.5, 0.6) is 0 Å². The smallest absolute Gasteiger partial charge is 0.325 e. The summed E-state index contributed by atoms with van der Waals surface area (Å²) < 4.78 is 25.8. The molecule has 0 aromatic heterocycles. The summed E-state index contributed by atoms with van der Waals surface area (Å²) in [5.41, 5.74) is 2.49. The largest absolute Gasteiger partial charge is 0.340 e. The number of aryl methyl sites for hydroxylation is 1. The third kappa shape index (κ3) is 4.61. The lowest BCUT2D eigenvalue weighted by atomic mass is 10.1. The van der Waals surface area contributed by atoms with Gasteiger partial charge in [0.15, 0.2) is 9.84 Å². The van der Waals surface area contributed by atoms with Crippen molar-refractivity contribution in [2.24, 2.45) is 0 Å². The summed E-state index contributed by atoms with van der Waals surface area (Å²) in [6, 6.07) is 14.4. The number of halogens is 1. The Hall–Kier alpha value is -2.58. The van der Waals surface area contributed by atoms with Crippen LogP contribution in [0.25, 0.3) is 0 Å². The van der Waals surface area contributed by atoms with Crippen LogP contribution in [0.4, 0.5) is 10.5 Å². The van der Waals surface area contributed by atoms with Gasteiger partial charge < -0.3 is 9.80 Å². The quantitative estimate of drug-likeness (QED) is 0.679. The molecule has 170 valence electrons. The number of hydrogen-bond acceptors (Lipinski definition) is 4. The molecule has 2 fully saturated rings. The monoisotopic (exact) mass is 475 g/mol. The second kappa shape index (κ2) is 9.11. The molecule has 0 radical (unpaired) electrons. The summed E-state index contributed by atoms with van der Waals surface area (Å²) in [6.07, 6.45) is 0.279. The molecule has 2 aliphatic rings. The molecule has 2 aromatic carbocycles. The molecular weight excluding hydrogens is 450 g/mol. The van der Waals surface area contributed by atoms with Crippen molar-refractivity contribution in [1.29, 1.82) is 0 Å². The molecule has 0 spiro atoms. The van der Waals surface area contributed by atoms with E-state index in [0.717, 1.165) is 11.3 Å². The van der Waals surface area contributed by atoms with Gasteiger partial charge in [0.25, 0.3) is 0 Å². The molecule has 2 aliphatic heterocycles. The van der Waals surface area contributed by atoms with Gasteiger partial charge in [0, 0.05) is 36.9 Å². The first-order valence-electron chi connectivity index (χ1n) is 10.6. The standard InChI is InChI=1S/C23H26ClN3O4S/c1-17-6-8-18(9-7-17)27-13-12-26(23(27)29)16-22(28)25-11-10-21(32(30,31)15-14-25)19-4-2-3-5-20(19)24/h2-9,21H,10-16H2,1H3. The molecule has 9 heteroatoms. The minimum atomic E-state index is -3.46. The highest BCUT2D eigenvalue weighted by Gasteiger charge is 2.36. The Kier molecular flexibility index (Phi) is 6.44. The van der Waals surface area contributed by atoms with Gasteiger partial charge in [-0.1, -0.05) is 47.5 Å². The van der Waals surface area contributed by atoms with Crippen LogP contribution < -0.4 is 4.90 Å². The number of anilines is 1. The molecule has 0 N–H and O–H groups in total. The van der Waals surface area contributed by atoms with Crippen LogP contribution in [0.2, 0.25) is 5.02 Å². The summed E-state index contributed by atoms with van der Waals surface area (Å²) in [5.74, 6) is -0.364. The number of benzene rings is 2. The van der Waals surface area contributed by atoms with Crippen LogP contribution in [0.15, 0.2) is 48.5 Å². The SMILES string of the molecule is Cc1ccc(N2CCN(CC(=O)N3CCC(c4ccccc4Cl)S(=O)(=O)CC3)C2=O)cc1. The Morgan fingerprint density at radius 1 is 1.03 bits per heavy atom.